The lowest BCUT2D eigenvalue weighted by molar-refractivity contribution is 0.209. The first-order valence-electron chi connectivity index (χ1n) is 5.13. The van der Waals surface area contributed by atoms with E-state index < -0.39 is 17.7 Å². The SMILES string of the molecule is O=C(O)Nc1[nH]ncc1Cc1cc(F)c(I)cc1F. The van der Waals surface area contributed by atoms with Crippen LogP contribution in [0.3, 0.4) is 0 Å². The Morgan fingerprint density at radius 3 is 2.79 bits per heavy atom. The van der Waals surface area contributed by atoms with Crippen molar-refractivity contribution < 1.29 is 18.7 Å². The molecule has 1 aromatic heterocycles. The molecule has 19 heavy (non-hydrogen) atoms. The minimum atomic E-state index is -1.26. The van der Waals surface area contributed by atoms with E-state index in [-0.39, 0.29) is 21.4 Å². The molecular weight excluding hydrogens is 371 g/mol. The predicted octanol–water partition coefficient (Wildman–Crippen LogP) is 2.97. The summed E-state index contributed by atoms with van der Waals surface area (Å²) < 4.78 is 27.3. The lowest BCUT2D eigenvalue weighted by Gasteiger charge is -2.05. The fourth-order valence-electron chi connectivity index (χ4n) is 1.56. The van der Waals surface area contributed by atoms with Crippen LogP contribution < -0.4 is 5.32 Å². The van der Waals surface area contributed by atoms with Crippen LogP contribution in [0.5, 0.6) is 0 Å². The van der Waals surface area contributed by atoms with E-state index in [1.54, 1.807) is 22.6 Å². The van der Waals surface area contributed by atoms with Gasteiger partial charge in [-0.3, -0.25) is 10.4 Å². The third-order valence-electron chi connectivity index (χ3n) is 2.42. The highest BCUT2D eigenvalue weighted by Crippen LogP contribution is 2.22. The molecule has 0 unspecified atom stereocenters. The van der Waals surface area contributed by atoms with Gasteiger partial charge in [0.2, 0.25) is 0 Å². The number of carbonyl (C=O) groups is 1. The van der Waals surface area contributed by atoms with Crippen molar-refractivity contribution in [3.63, 3.8) is 0 Å². The molecule has 100 valence electrons. The van der Waals surface area contributed by atoms with Gasteiger partial charge in [-0.1, -0.05) is 0 Å². The highest BCUT2D eigenvalue weighted by molar-refractivity contribution is 14.1. The number of nitrogens with zero attached hydrogens (tertiary/aromatic N) is 1. The molecule has 0 aliphatic heterocycles. The molecule has 0 saturated carbocycles. The summed E-state index contributed by atoms with van der Waals surface area (Å²) in [7, 11) is 0. The lowest BCUT2D eigenvalue weighted by atomic mass is 10.1. The largest absolute Gasteiger partial charge is 0.465 e. The molecule has 0 bridgehead atoms. The maximum atomic E-state index is 13.7. The summed E-state index contributed by atoms with van der Waals surface area (Å²) in [6.45, 7) is 0. The van der Waals surface area contributed by atoms with E-state index in [2.05, 4.69) is 15.5 Å². The molecule has 1 aromatic carbocycles. The molecule has 0 saturated heterocycles. The zero-order valence-corrected chi connectivity index (χ0v) is 11.5. The van der Waals surface area contributed by atoms with Crippen molar-refractivity contribution in [3.05, 3.63) is 44.7 Å². The molecule has 2 rings (SSSR count). The van der Waals surface area contributed by atoms with Gasteiger partial charge in [-0.25, -0.2) is 13.6 Å². The number of anilines is 1. The fraction of sp³-hybridized carbons (Fsp3) is 0.0909. The van der Waals surface area contributed by atoms with E-state index in [9.17, 15) is 13.6 Å². The molecular formula is C11H8F2IN3O2. The molecule has 3 N–H and O–H groups in total. The van der Waals surface area contributed by atoms with Gasteiger partial charge in [0.05, 0.1) is 9.77 Å². The zero-order chi connectivity index (χ0) is 14.0. The Labute approximate surface area is 120 Å². The van der Waals surface area contributed by atoms with Crippen molar-refractivity contribution in [1.82, 2.24) is 10.2 Å². The first-order chi connectivity index (χ1) is 8.97. The first-order valence-corrected chi connectivity index (χ1v) is 6.21. The van der Waals surface area contributed by atoms with Crippen molar-refractivity contribution >= 4 is 34.5 Å². The molecule has 5 nitrogen and oxygen atoms in total. The van der Waals surface area contributed by atoms with Crippen LogP contribution in [0, 0.1) is 15.2 Å². The van der Waals surface area contributed by atoms with Crippen molar-refractivity contribution in [1.29, 1.82) is 0 Å². The number of benzene rings is 1. The molecule has 0 aliphatic carbocycles. The van der Waals surface area contributed by atoms with Crippen molar-refractivity contribution in [2.75, 3.05) is 5.32 Å². The van der Waals surface area contributed by atoms with E-state index >= 15 is 0 Å². The number of H-pyrrole nitrogens is 1. The number of carboxylic acid groups (broad SMARTS) is 1. The Morgan fingerprint density at radius 1 is 1.37 bits per heavy atom. The van der Waals surface area contributed by atoms with Crippen LogP contribution in [0.1, 0.15) is 11.1 Å². The number of aromatic amines is 1. The quantitative estimate of drug-likeness (QED) is 0.567. The van der Waals surface area contributed by atoms with Crippen LogP contribution in [0.4, 0.5) is 19.4 Å². The molecule has 0 atom stereocenters. The summed E-state index contributed by atoms with van der Waals surface area (Å²) in [5.74, 6) is -0.924. The van der Waals surface area contributed by atoms with Gasteiger partial charge in [0.1, 0.15) is 17.5 Å². The average molecular weight is 379 g/mol. The van der Waals surface area contributed by atoms with Gasteiger partial charge in [-0.15, -0.1) is 0 Å². The van der Waals surface area contributed by atoms with E-state index in [1.807, 2.05) is 0 Å². The number of halogens is 3. The fourth-order valence-corrected chi connectivity index (χ4v) is 1.99. The van der Waals surface area contributed by atoms with Crippen LogP contribution in [0.25, 0.3) is 0 Å². The van der Waals surface area contributed by atoms with E-state index in [4.69, 9.17) is 5.11 Å². The second-order valence-corrected chi connectivity index (χ2v) is 4.90. The number of hydrogen-bond acceptors (Lipinski definition) is 2. The summed E-state index contributed by atoms with van der Waals surface area (Å²) in [6.07, 6.45) is 0.131. The molecule has 2 aromatic rings. The predicted molar refractivity (Wildman–Crippen MR) is 72.1 cm³/mol. The number of rotatable bonds is 3. The Balaban J connectivity index is 2.29. The molecule has 0 spiro atoms. The van der Waals surface area contributed by atoms with Crippen LogP contribution in [0.15, 0.2) is 18.3 Å². The van der Waals surface area contributed by atoms with Gasteiger partial charge < -0.3 is 5.11 Å². The van der Waals surface area contributed by atoms with E-state index in [0.717, 1.165) is 12.1 Å². The van der Waals surface area contributed by atoms with Gasteiger partial charge >= 0.3 is 6.09 Å². The highest BCUT2D eigenvalue weighted by atomic mass is 127. The number of nitrogens with one attached hydrogen (secondary N) is 2. The summed E-state index contributed by atoms with van der Waals surface area (Å²) >= 11 is 1.70. The normalized spacial score (nSPS) is 10.5. The summed E-state index contributed by atoms with van der Waals surface area (Å²) in [6, 6.07) is 2.18. The van der Waals surface area contributed by atoms with Gasteiger partial charge in [-0.2, -0.15) is 5.10 Å². The first kappa shape index (κ1) is 13.7. The molecule has 1 amide bonds. The summed E-state index contributed by atoms with van der Waals surface area (Å²) in [4.78, 5) is 10.5. The van der Waals surface area contributed by atoms with E-state index in [0.29, 0.717) is 5.56 Å². The van der Waals surface area contributed by atoms with Crippen LogP contribution in [-0.4, -0.2) is 21.4 Å². The van der Waals surface area contributed by atoms with Crippen molar-refractivity contribution in [2.45, 2.75) is 6.42 Å². The standard InChI is InChI=1S/C11H8F2IN3O2/c12-7-3-9(14)8(13)2-5(7)1-6-4-15-17-10(6)16-11(18)19/h2-4H,1H2,(H,18,19)(H2,15,16,17). The number of amides is 1. The Hall–Kier alpha value is -1.71. The highest BCUT2D eigenvalue weighted by Gasteiger charge is 2.13. The van der Waals surface area contributed by atoms with Crippen molar-refractivity contribution in [3.8, 4) is 0 Å². The minimum Gasteiger partial charge on any atom is -0.465 e. The Kier molecular flexibility index (Phi) is 3.98. The number of hydrogen-bond donors (Lipinski definition) is 3. The Bertz CT molecular complexity index is 630. The summed E-state index contributed by atoms with van der Waals surface area (Å²) in [5.41, 5.74) is 0.565. The third kappa shape index (κ3) is 3.19. The maximum Gasteiger partial charge on any atom is 0.410 e. The van der Waals surface area contributed by atoms with E-state index in [1.165, 1.54) is 6.20 Å². The lowest BCUT2D eigenvalue weighted by Crippen LogP contribution is -2.09. The van der Waals surface area contributed by atoms with Crippen LogP contribution in [-0.2, 0) is 6.42 Å². The number of aromatic nitrogens is 2. The van der Waals surface area contributed by atoms with Crippen LogP contribution in [0.2, 0.25) is 0 Å². The van der Waals surface area contributed by atoms with Crippen molar-refractivity contribution in [2.24, 2.45) is 0 Å². The minimum absolute atomic E-state index is 0.0335. The van der Waals surface area contributed by atoms with Crippen LogP contribution >= 0.6 is 22.6 Å². The molecule has 1 heterocycles. The van der Waals surface area contributed by atoms with Gasteiger partial charge in [0, 0.05) is 12.0 Å². The Morgan fingerprint density at radius 2 is 2.11 bits per heavy atom. The maximum absolute atomic E-state index is 13.7. The molecule has 0 fully saturated rings. The monoisotopic (exact) mass is 379 g/mol. The van der Waals surface area contributed by atoms with Gasteiger partial charge in [0.15, 0.2) is 0 Å². The third-order valence-corrected chi connectivity index (χ3v) is 3.25. The summed E-state index contributed by atoms with van der Waals surface area (Å²) in [5, 5.41) is 16.8. The van der Waals surface area contributed by atoms with Gasteiger partial charge in [-0.05, 0) is 40.3 Å². The molecule has 0 radical (unpaired) electrons. The molecule has 8 heteroatoms. The topological polar surface area (TPSA) is 78.0 Å². The average Bonchev–Trinajstić information content (AvgIpc) is 2.72. The second kappa shape index (κ2) is 5.51. The smallest absolute Gasteiger partial charge is 0.410 e. The molecule has 0 aliphatic rings. The van der Waals surface area contributed by atoms with Gasteiger partial charge in [0.25, 0.3) is 0 Å². The zero-order valence-electron chi connectivity index (χ0n) is 9.38. The second-order valence-electron chi connectivity index (χ2n) is 3.73.